The number of amides is 1. The van der Waals surface area contributed by atoms with Crippen LogP contribution >= 0.6 is 0 Å². The highest BCUT2D eigenvalue weighted by Crippen LogP contribution is 2.17. The minimum absolute atomic E-state index is 0.163. The zero-order valence-corrected chi connectivity index (χ0v) is 13.1. The highest BCUT2D eigenvalue weighted by Gasteiger charge is 2.14. The number of hydrogen-bond acceptors (Lipinski definition) is 2. The van der Waals surface area contributed by atoms with Crippen LogP contribution in [0, 0.1) is 11.6 Å². The molecule has 122 valence electrons. The van der Waals surface area contributed by atoms with Gasteiger partial charge in [0.15, 0.2) is 0 Å². The minimum atomic E-state index is -0.891. The molecule has 0 aromatic heterocycles. The Morgan fingerprint density at radius 3 is 2.26 bits per heavy atom. The Kier molecular flexibility index (Phi) is 5.45. The number of nitrogens with two attached hydrogens (primary N) is 1. The van der Waals surface area contributed by atoms with Crippen LogP contribution in [-0.2, 0) is 0 Å². The largest absolute Gasteiger partial charge is 0.350 e. The van der Waals surface area contributed by atoms with Crippen LogP contribution in [0.25, 0.3) is 0 Å². The van der Waals surface area contributed by atoms with Crippen LogP contribution < -0.4 is 11.1 Å². The number of nitrogens with one attached hydrogen (secondary N) is 1. The van der Waals surface area contributed by atoms with Crippen molar-refractivity contribution in [2.75, 3.05) is 6.54 Å². The molecule has 1 amide bonds. The van der Waals surface area contributed by atoms with Gasteiger partial charge in [0, 0.05) is 18.7 Å². The normalized spacial score (nSPS) is 12.3. The molecule has 0 aliphatic carbocycles. The molecular weight excluding hydrogens is 298 g/mol. The first-order valence-corrected chi connectivity index (χ1v) is 7.47. The molecule has 3 N–H and O–H groups in total. The van der Waals surface area contributed by atoms with Gasteiger partial charge < -0.3 is 11.1 Å². The molecule has 0 heterocycles. The van der Waals surface area contributed by atoms with E-state index in [0.717, 1.165) is 17.7 Å². The quantitative estimate of drug-likeness (QED) is 0.886. The van der Waals surface area contributed by atoms with Crippen molar-refractivity contribution in [3.8, 4) is 0 Å². The van der Waals surface area contributed by atoms with Crippen LogP contribution in [0.3, 0.4) is 0 Å². The summed E-state index contributed by atoms with van der Waals surface area (Å²) in [6, 6.07) is 10.3. The van der Waals surface area contributed by atoms with Gasteiger partial charge in [0.25, 0.3) is 5.91 Å². The molecule has 0 saturated carbocycles. The third-order valence-corrected chi connectivity index (χ3v) is 3.69. The van der Waals surface area contributed by atoms with Crippen molar-refractivity contribution in [1.29, 1.82) is 0 Å². The van der Waals surface area contributed by atoms with Gasteiger partial charge in [-0.1, -0.05) is 38.1 Å². The Labute approximate surface area is 134 Å². The molecule has 1 unspecified atom stereocenters. The molecule has 0 bridgehead atoms. The van der Waals surface area contributed by atoms with Crippen LogP contribution in [0.5, 0.6) is 0 Å². The summed E-state index contributed by atoms with van der Waals surface area (Å²) in [5.41, 5.74) is 7.93. The van der Waals surface area contributed by atoms with Crippen molar-refractivity contribution >= 4 is 5.91 Å². The predicted octanol–water partition coefficient (Wildman–Crippen LogP) is 3.52. The predicted molar refractivity (Wildman–Crippen MR) is 86.2 cm³/mol. The Balaban J connectivity index is 1.98. The molecule has 23 heavy (non-hydrogen) atoms. The first-order chi connectivity index (χ1) is 10.9. The third kappa shape index (κ3) is 4.36. The van der Waals surface area contributed by atoms with E-state index in [9.17, 15) is 13.6 Å². The fourth-order valence-electron chi connectivity index (χ4n) is 2.22. The van der Waals surface area contributed by atoms with Crippen LogP contribution in [0.4, 0.5) is 8.78 Å². The van der Waals surface area contributed by atoms with Gasteiger partial charge in [0.2, 0.25) is 0 Å². The maximum absolute atomic E-state index is 13.5. The van der Waals surface area contributed by atoms with E-state index in [1.807, 2.05) is 24.3 Å². The molecule has 5 heteroatoms. The van der Waals surface area contributed by atoms with Crippen molar-refractivity contribution in [2.45, 2.75) is 25.8 Å². The average molecular weight is 318 g/mol. The van der Waals surface area contributed by atoms with E-state index in [1.54, 1.807) is 0 Å². The van der Waals surface area contributed by atoms with Crippen molar-refractivity contribution in [2.24, 2.45) is 5.73 Å². The first kappa shape index (κ1) is 17.1. The van der Waals surface area contributed by atoms with E-state index >= 15 is 0 Å². The second kappa shape index (κ2) is 7.33. The van der Waals surface area contributed by atoms with E-state index in [4.69, 9.17) is 5.73 Å². The maximum Gasteiger partial charge on any atom is 0.254 e. The van der Waals surface area contributed by atoms with Gasteiger partial charge in [-0.2, -0.15) is 0 Å². The Hall–Kier alpha value is -2.27. The molecule has 2 rings (SSSR count). The lowest BCUT2D eigenvalue weighted by atomic mass is 9.99. The number of hydrogen-bond donors (Lipinski definition) is 2. The van der Waals surface area contributed by atoms with Crippen LogP contribution in [0.1, 0.15) is 47.3 Å². The summed E-state index contributed by atoms with van der Waals surface area (Å²) in [6.45, 7) is 4.37. The fraction of sp³-hybridized carbons (Fsp3) is 0.278. The second-order valence-corrected chi connectivity index (χ2v) is 5.76. The van der Waals surface area contributed by atoms with Gasteiger partial charge in [-0.15, -0.1) is 0 Å². The summed E-state index contributed by atoms with van der Waals surface area (Å²) in [5, 5.41) is 2.57. The molecule has 0 fully saturated rings. The minimum Gasteiger partial charge on any atom is -0.350 e. The highest BCUT2D eigenvalue weighted by atomic mass is 19.1. The van der Waals surface area contributed by atoms with E-state index in [-0.39, 0.29) is 12.1 Å². The fourth-order valence-corrected chi connectivity index (χ4v) is 2.22. The molecule has 0 saturated heterocycles. The zero-order valence-electron chi connectivity index (χ0n) is 13.1. The summed E-state index contributed by atoms with van der Waals surface area (Å²) >= 11 is 0. The smallest absolute Gasteiger partial charge is 0.254 e. The molecule has 0 aliphatic heterocycles. The summed E-state index contributed by atoms with van der Waals surface area (Å²) < 4.78 is 26.4. The molecule has 3 nitrogen and oxygen atoms in total. The lowest BCUT2D eigenvalue weighted by molar-refractivity contribution is 0.0947. The van der Waals surface area contributed by atoms with E-state index in [2.05, 4.69) is 19.2 Å². The van der Waals surface area contributed by atoms with Crippen LogP contribution in [0.15, 0.2) is 42.5 Å². The third-order valence-electron chi connectivity index (χ3n) is 3.69. The highest BCUT2D eigenvalue weighted by molar-refractivity contribution is 5.94. The number of carbonyl (C=O) groups excluding carboxylic acids is 1. The number of benzene rings is 2. The number of carbonyl (C=O) groups is 1. The van der Waals surface area contributed by atoms with Crippen molar-refractivity contribution in [3.05, 3.63) is 70.8 Å². The van der Waals surface area contributed by atoms with Crippen molar-refractivity contribution < 1.29 is 13.6 Å². The van der Waals surface area contributed by atoms with Crippen LogP contribution in [-0.4, -0.2) is 12.5 Å². The molecule has 0 spiro atoms. The summed E-state index contributed by atoms with van der Waals surface area (Å²) in [5.74, 6) is -1.79. The van der Waals surface area contributed by atoms with Gasteiger partial charge in [-0.3, -0.25) is 4.79 Å². The lowest BCUT2D eigenvalue weighted by Crippen LogP contribution is -2.32. The standard InChI is InChI=1S/C18H20F2N2O/c1-11(2)12-3-5-13(6-4-12)17(21)10-22-18(23)15-8-7-14(19)9-16(15)20/h3-9,11,17H,10,21H2,1-2H3,(H,22,23). The topological polar surface area (TPSA) is 55.1 Å². The SMILES string of the molecule is CC(C)c1ccc(C(N)CNC(=O)c2ccc(F)cc2F)cc1. The first-order valence-electron chi connectivity index (χ1n) is 7.47. The van der Waals surface area contributed by atoms with E-state index < -0.39 is 23.6 Å². The number of halogens is 2. The van der Waals surface area contributed by atoms with Crippen molar-refractivity contribution in [3.63, 3.8) is 0 Å². The Morgan fingerprint density at radius 2 is 1.70 bits per heavy atom. The number of rotatable bonds is 5. The maximum atomic E-state index is 13.5. The zero-order chi connectivity index (χ0) is 17.0. The molecule has 0 aliphatic rings. The van der Waals surface area contributed by atoms with Crippen molar-refractivity contribution in [1.82, 2.24) is 5.32 Å². The summed E-state index contributed by atoms with van der Waals surface area (Å²) in [4.78, 5) is 11.9. The van der Waals surface area contributed by atoms with E-state index in [1.165, 1.54) is 5.56 Å². The molecular formula is C18H20F2N2O. The monoisotopic (exact) mass is 318 g/mol. The van der Waals surface area contributed by atoms with Crippen LogP contribution in [0.2, 0.25) is 0 Å². The van der Waals surface area contributed by atoms with Gasteiger partial charge >= 0.3 is 0 Å². The van der Waals surface area contributed by atoms with Gasteiger partial charge in [-0.05, 0) is 29.2 Å². The summed E-state index contributed by atoms with van der Waals surface area (Å²) in [6.07, 6.45) is 0. The van der Waals surface area contributed by atoms with Gasteiger partial charge in [-0.25, -0.2) is 8.78 Å². The molecule has 0 radical (unpaired) electrons. The Morgan fingerprint density at radius 1 is 1.09 bits per heavy atom. The molecule has 2 aromatic rings. The lowest BCUT2D eigenvalue weighted by Gasteiger charge is -2.15. The van der Waals surface area contributed by atoms with E-state index in [0.29, 0.717) is 12.0 Å². The summed E-state index contributed by atoms with van der Waals surface area (Å²) in [7, 11) is 0. The Bertz CT molecular complexity index is 684. The molecule has 1 atom stereocenters. The second-order valence-electron chi connectivity index (χ2n) is 5.76. The molecule has 2 aromatic carbocycles. The van der Waals surface area contributed by atoms with Gasteiger partial charge in [0.1, 0.15) is 11.6 Å². The van der Waals surface area contributed by atoms with Gasteiger partial charge in [0.05, 0.1) is 5.56 Å². The average Bonchev–Trinajstić information content (AvgIpc) is 2.52.